The topological polar surface area (TPSA) is 79.4 Å². The maximum atomic E-state index is 11.4. The van der Waals surface area contributed by atoms with Crippen LogP contribution in [0.15, 0.2) is 12.3 Å². The second kappa shape index (κ2) is 6.70. The zero-order valence-corrected chi connectivity index (χ0v) is 14.0. The number of hydrogen-bond acceptors (Lipinski definition) is 6. The van der Waals surface area contributed by atoms with Gasteiger partial charge >= 0.3 is 0 Å². The predicted molar refractivity (Wildman–Crippen MR) is 88.4 cm³/mol. The minimum Gasteiger partial charge on any atom is -0.379 e. The van der Waals surface area contributed by atoms with Crippen molar-refractivity contribution in [2.75, 3.05) is 37.5 Å². The van der Waals surface area contributed by atoms with Crippen molar-refractivity contribution in [3.05, 3.63) is 12.3 Å². The largest absolute Gasteiger partial charge is 0.379 e. The maximum absolute atomic E-state index is 11.4. The fourth-order valence-corrected chi connectivity index (χ4v) is 3.89. The van der Waals surface area contributed by atoms with Crippen LogP contribution >= 0.6 is 0 Å². The molecule has 0 radical (unpaired) electrons. The number of hydrogen-bond donors (Lipinski definition) is 2. The van der Waals surface area contributed by atoms with Crippen LogP contribution in [0.3, 0.4) is 0 Å². The number of nitrogens with one attached hydrogen (secondary N) is 2. The highest BCUT2D eigenvalue weighted by Gasteiger charge is 2.43. The van der Waals surface area contributed by atoms with E-state index in [0.29, 0.717) is 11.8 Å². The van der Waals surface area contributed by atoms with Crippen molar-refractivity contribution in [3.8, 4) is 0 Å². The quantitative estimate of drug-likeness (QED) is 0.858. The van der Waals surface area contributed by atoms with Crippen molar-refractivity contribution in [3.63, 3.8) is 0 Å². The molecule has 1 saturated heterocycles. The lowest BCUT2D eigenvalue weighted by Gasteiger charge is -2.37. The van der Waals surface area contributed by atoms with Gasteiger partial charge in [-0.1, -0.05) is 0 Å². The lowest BCUT2D eigenvalue weighted by molar-refractivity contribution is -0.121. The van der Waals surface area contributed by atoms with E-state index in [0.717, 1.165) is 37.7 Å². The van der Waals surface area contributed by atoms with Crippen LogP contribution < -0.4 is 15.5 Å². The Morgan fingerprint density at radius 1 is 1.35 bits per heavy atom. The van der Waals surface area contributed by atoms with E-state index >= 15 is 0 Å². The molecule has 23 heavy (non-hydrogen) atoms. The van der Waals surface area contributed by atoms with Gasteiger partial charge in [-0.15, -0.1) is 0 Å². The van der Waals surface area contributed by atoms with Crippen molar-refractivity contribution in [1.82, 2.24) is 15.3 Å². The number of rotatable bonds is 4. The number of carbonyl (C=O) groups is 1. The van der Waals surface area contributed by atoms with E-state index in [-0.39, 0.29) is 18.1 Å². The zero-order chi connectivity index (χ0) is 16.4. The van der Waals surface area contributed by atoms with Gasteiger partial charge in [-0.3, -0.25) is 4.79 Å². The van der Waals surface area contributed by atoms with E-state index in [1.54, 1.807) is 20.2 Å². The van der Waals surface area contributed by atoms with Crippen LogP contribution in [-0.2, 0) is 9.53 Å². The minimum absolute atomic E-state index is 0.00964. The predicted octanol–water partition coefficient (Wildman–Crippen LogP) is 0.884. The number of aromatic nitrogens is 2. The Morgan fingerprint density at radius 2 is 2.09 bits per heavy atom. The van der Waals surface area contributed by atoms with Gasteiger partial charge in [0.15, 0.2) is 0 Å². The molecule has 0 aromatic carbocycles. The maximum Gasteiger partial charge on any atom is 0.227 e. The van der Waals surface area contributed by atoms with Crippen LogP contribution in [0.5, 0.6) is 0 Å². The van der Waals surface area contributed by atoms with Gasteiger partial charge < -0.3 is 20.3 Å². The molecule has 2 aliphatic rings. The molecule has 4 atom stereocenters. The summed E-state index contributed by atoms with van der Waals surface area (Å²) in [5, 5.41) is 6.10. The smallest absolute Gasteiger partial charge is 0.227 e. The number of carbonyl (C=O) groups excluding carboxylic acids is 1. The van der Waals surface area contributed by atoms with Gasteiger partial charge in [0.05, 0.1) is 12.1 Å². The third-order valence-electron chi connectivity index (χ3n) is 4.99. The molecule has 7 heteroatoms. The molecule has 1 aliphatic heterocycles. The summed E-state index contributed by atoms with van der Waals surface area (Å²) >= 11 is 0. The summed E-state index contributed by atoms with van der Waals surface area (Å²) in [5.41, 5.74) is 0. The van der Waals surface area contributed by atoms with Gasteiger partial charge in [-0.25, -0.2) is 4.98 Å². The first-order valence-electron chi connectivity index (χ1n) is 8.16. The number of anilines is 2. The molecule has 2 N–H and O–H groups in total. The third kappa shape index (κ3) is 3.39. The summed E-state index contributed by atoms with van der Waals surface area (Å²) in [4.78, 5) is 22.6. The van der Waals surface area contributed by atoms with E-state index in [1.807, 2.05) is 13.1 Å². The molecule has 1 amide bonds. The molecule has 1 aromatic rings. The standard InChI is InChI=1S/C16H25N5O2/c1-10(22)19-13-6-11-8-21(9-12(11)7-14(13)23-3)16-18-5-4-15(17-2)20-16/h4-5,11-14H,6-9H2,1-3H3,(H,19,22)(H,17,18,20)/t11-,12+,13-,14-/m1/s1. The van der Waals surface area contributed by atoms with E-state index in [1.165, 1.54) is 0 Å². The van der Waals surface area contributed by atoms with Gasteiger partial charge in [-0.2, -0.15) is 4.98 Å². The molecule has 126 valence electrons. The highest BCUT2D eigenvalue weighted by atomic mass is 16.5. The van der Waals surface area contributed by atoms with Crippen molar-refractivity contribution in [1.29, 1.82) is 0 Å². The summed E-state index contributed by atoms with van der Waals surface area (Å²) in [6, 6.07) is 1.96. The summed E-state index contributed by atoms with van der Waals surface area (Å²) in [7, 11) is 3.59. The molecule has 2 fully saturated rings. The molecular weight excluding hydrogens is 294 g/mol. The Balaban J connectivity index is 1.71. The normalized spacial score (nSPS) is 30.0. The molecule has 2 heterocycles. The SMILES string of the molecule is CNc1ccnc(N2C[C@H]3C[C@@H](NC(C)=O)[C@H](OC)C[C@H]3C2)n1. The number of fused-ring (bicyclic) bond motifs is 1. The van der Waals surface area contributed by atoms with Gasteiger partial charge in [0.1, 0.15) is 5.82 Å². The number of ether oxygens (including phenoxy) is 1. The Labute approximate surface area is 136 Å². The van der Waals surface area contributed by atoms with Gasteiger partial charge in [0.2, 0.25) is 11.9 Å². The van der Waals surface area contributed by atoms with Gasteiger partial charge in [0.25, 0.3) is 0 Å². The average Bonchev–Trinajstić information content (AvgIpc) is 2.96. The van der Waals surface area contributed by atoms with Crippen molar-refractivity contribution >= 4 is 17.7 Å². The Morgan fingerprint density at radius 3 is 2.74 bits per heavy atom. The Kier molecular flexibility index (Phi) is 4.66. The van der Waals surface area contributed by atoms with Crippen molar-refractivity contribution in [2.24, 2.45) is 11.8 Å². The van der Waals surface area contributed by atoms with Crippen molar-refractivity contribution < 1.29 is 9.53 Å². The van der Waals surface area contributed by atoms with E-state index in [9.17, 15) is 4.79 Å². The number of amides is 1. The second-order valence-electron chi connectivity index (χ2n) is 6.47. The van der Waals surface area contributed by atoms with Crippen LogP contribution in [0.25, 0.3) is 0 Å². The molecular formula is C16H25N5O2. The molecule has 7 nitrogen and oxygen atoms in total. The average molecular weight is 319 g/mol. The fraction of sp³-hybridized carbons (Fsp3) is 0.688. The van der Waals surface area contributed by atoms with Gasteiger partial charge in [0, 0.05) is 40.4 Å². The lowest BCUT2D eigenvalue weighted by atomic mass is 9.77. The number of nitrogens with zero attached hydrogens (tertiary/aromatic N) is 3. The van der Waals surface area contributed by atoms with Crippen molar-refractivity contribution in [2.45, 2.75) is 31.9 Å². The molecule has 1 aromatic heterocycles. The Bertz CT molecular complexity index is 567. The fourth-order valence-electron chi connectivity index (χ4n) is 3.89. The molecule has 0 unspecified atom stereocenters. The van der Waals surface area contributed by atoms with Crippen LogP contribution in [-0.4, -0.2) is 55.3 Å². The van der Waals surface area contributed by atoms with E-state index < -0.39 is 0 Å². The summed E-state index contributed by atoms with van der Waals surface area (Å²) < 4.78 is 5.62. The van der Waals surface area contributed by atoms with Crippen LogP contribution in [0.4, 0.5) is 11.8 Å². The summed E-state index contributed by atoms with van der Waals surface area (Å²) in [6.45, 7) is 3.45. The zero-order valence-electron chi connectivity index (χ0n) is 14.0. The lowest BCUT2D eigenvalue weighted by Crippen LogP contribution is -2.49. The van der Waals surface area contributed by atoms with Gasteiger partial charge in [-0.05, 0) is 30.7 Å². The minimum atomic E-state index is 0.00964. The second-order valence-corrected chi connectivity index (χ2v) is 6.47. The molecule has 0 spiro atoms. The van der Waals surface area contributed by atoms with E-state index in [2.05, 4.69) is 25.5 Å². The molecule has 3 rings (SSSR count). The first kappa shape index (κ1) is 16.0. The van der Waals surface area contributed by atoms with E-state index in [4.69, 9.17) is 4.74 Å². The highest BCUT2D eigenvalue weighted by molar-refractivity contribution is 5.73. The molecule has 1 saturated carbocycles. The first-order chi connectivity index (χ1) is 11.1. The summed E-state index contributed by atoms with van der Waals surface area (Å²) in [6.07, 6.45) is 3.79. The summed E-state index contributed by atoms with van der Waals surface area (Å²) in [5.74, 6) is 2.72. The van der Waals surface area contributed by atoms with Crippen LogP contribution in [0.2, 0.25) is 0 Å². The molecule has 1 aliphatic carbocycles. The first-order valence-corrected chi connectivity index (χ1v) is 8.16. The Hall–Kier alpha value is -1.89. The monoisotopic (exact) mass is 319 g/mol. The van der Waals surface area contributed by atoms with Crippen LogP contribution in [0.1, 0.15) is 19.8 Å². The van der Waals surface area contributed by atoms with Crippen LogP contribution in [0, 0.1) is 11.8 Å². The highest BCUT2D eigenvalue weighted by Crippen LogP contribution is 2.38. The molecule has 0 bridgehead atoms. The number of methoxy groups -OCH3 is 1. The third-order valence-corrected chi connectivity index (χ3v) is 4.99.